The van der Waals surface area contributed by atoms with E-state index in [2.05, 4.69) is 33.4 Å². The Morgan fingerprint density at radius 1 is 1.23 bits per heavy atom. The van der Waals surface area contributed by atoms with Gasteiger partial charge in [0.25, 0.3) is 0 Å². The number of benzene rings is 1. The third kappa shape index (κ3) is 2.25. The molecule has 4 rings (SSSR count). The fourth-order valence-electron chi connectivity index (χ4n) is 5.56. The fraction of sp³-hybridized carbons (Fsp3) is 0.524. The van der Waals surface area contributed by atoms with Crippen molar-refractivity contribution in [3.63, 3.8) is 0 Å². The van der Waals surface area contributed by atoms with Crippen molar-refractivity contribution in [1.82, 2.24) is 5.32 Å². The molecule has 1 aromatic rings. The molecule has 138 valence electrons. The Morgan fingerprint density at radius 3 is 2.42 bits per heavy atom. The molecule has 3 aliphatic rings. The van der Waals surface area contributed by atoms with E-state index in [1.54, 1.807) is 0 Å². The van der Waals surface area contributed by atoms with E-state index in [1.165, 1.54) is 0 Å². The zero-order valence-electron chi connectivity index (χ0n) is 15.2. The van der Waals surface area contributed by atoms with E-state index in [1.807, 2.05) is 38.1 Å². The lowest BCUT2D eigenvalue weighted by Crippen LogP contribution is -2.53. The summed E-state index contributed by atoms with van der Waals surface area (Å²) in [6.45, 7) is 4.26. The average molecular weight is 417 g/mol. The number of nitrogens with two attached hydrogens (primary N) is 1. The van der Waals surface area contributed by atoms with Gasteiger partial charge in [-0.1, -0.05) is 54.1 Å². The maximum absolute atomic E-state index is 13.0. The van der Waals surface area contributed by atoms with Gasteiger partial charge in [-0.15, -0.1) is 0 Å². The van der Waals surface area contributed by atoms with Crippen LogP contribution in [0.1, 0.15) is 32.3 Å². The molecule has 1 aromatic carbocycles. The number of rotatable bonds is 5. The standard InChI is InChI=1S/C21H25BrN2O2/c1-12(2)18(25)24-11-16-15-7-8-17(20(15)9-10-20)21(16,19(23)26)13-3-5-14(22)6-4-13/h3-8,12,15-17H,9-11H2,1-2H3,(H2,23,26)(H,24,25)/t15-,16-,17+,21+/m1/s1. The second-order valence-corrected chi connectivity index (χ2v) is 9.28. The second-order valence-electron chi connectivity index (χ2n) is 8.37. The van der Waals surface area contributed by atoms with E-state index in [9.17, 15) is 9.59 Å². The third-order valence-electron chi connectivity index (χ3n) is 6.88. The van der Waals surface area contributed by atoms with Crippen molar-refractivity contribution in [2.24, 2.45) is 34.8 Å². The number of allylic oxidation sites excluding steroid dienone is 2. The number of hydrogen-bond donors (Lipinski definition) is 2. The van der Waals surface area contributed by atoms with Crippen molar-refractivity contribution in [2.45, 2.75) is 32.1 Å². The van der Waals surface area contributed by atoms with Crippen LogP contribution >= 0.6 is 15.9 Å². The third-order valence-corrected chi connectivity index (χ3v) is 7.41. The summed E-state index contributed by atoms with van der Waals surface area (Å²) in [5.74, 6) is 0.106. The Bertz CT molecular complexity index is 782. The molecule has 3 aliphatic carbocycles. The molecule has 3 N–H and O–H groups in total. The molecule has 0 saturated heterocycles. The van der Waals surface area contributed by atoms with Gasteiger partial charge in [0.05, 0.1) is 5.41 Å². The molecule has 2 saturated carbocycles. The van der Waals surface area contributed by atoms with E-state index in [4.69, 9.17) is 5.73 Å². The molecule has 0 aromatic heterocycles. The topological polar surface area (TPSA) is 72.2 Å². The SMILES string of the molecule is CC(C)C(=O)NC[C@@H]1[C@H]2C=C[C@@H](C23CC3)[C@]1(C(N)=O)c1ccc(Br)cc1. The first kappa shape index (κ1) is 17.8. The van der Waals surface area contributed by atoms with E-state index in [-0.39, 0.29) is 35.0 Å². The summed E-state index contributed by atoms with van der Waals surface area (Å²) in [6.07, 6.45) is 6.75. The Balaban J connectivity index is 1.78. The Labute approximate surface area is 162 Å². The van der Waals surface area contributed by atoms with Crippen LogP contribution in [0.25, 0.3) is 0 Å². The molecule has 2 fully saturated rings. The molecule has 4 nitrogen and oxygen atoms in total. The zero-order chi connectivity index (χ0) is 18.7. The molecule has 1 spiro atoms. The Kier molecular flexibility index (Phi) is 4.07. The normalized spacial score (nSPS) is 33.0. The Morgan fingerprint density at radius 2 is 1.88 bits per heavy atom. The molecule has 5 heteroatoms. The van der Waals surface area contributed by atoms with Gasteiger partial charge in [0.1, 0.15) is 0 Å². The molecule has 0 radical (unpaired) electrons. The van der Waals surface area contributed by atoms with Crippen LogP contribution in [-0.4, -0.2) is 18.4 Å². The van der Waals surface area contributed by atoms with Crippen LogP contribution in [0, 0.1) is 29.1 Å². The quantitative estimate of drug-likeness (QED) is 0.723. The van der Waals surface area contributed by atoms with Gasteiger partial charge >= 0.3 is 0 Å². The fourth-order valence-corrected chi connectivity index (χ4v) is 5.83. The summed E-state index contributed by atoms with van der Waals surface area (Å²) >= 11 is 3.48. The summed E-state index contributed by atoms with van der Waals surface area (Å²) in [7, 11) is 0. The van der Waals surface area contributed by atoms with Crippen LogP contribution in [0.4, 0.5) is 0 Å². The molecule has 26 heavy (non-hydrogen) atoms. The van der Waals surface area contributed by atoms with Crippen molar-refractivity contribution in [3.05, 3.63) is 46.5 Å². The number of primary amides is 1. The van der Waals surface area contributed by atoms with Crippen LogP contribution < -0.4 is 11.1 Å². The summed E-state index contributed by atoms with van der Waals surface area (Å²) < 4.78 is 0.977. The second kappa shape index (κ2) is 5.95. The Hall–Kier alpha value is -1.62. The monoisotopic (exact) mass is 416 g/mol. The number of amides is 2. The van der Waals surface area contributed by atoms with Gasteiger partial charge in [0.15, 0.2) is 0 Å². The number of carbonyl (C=O) groups is 2. The van der Waals surface area contributed by atoms with Gasteiger partial charge in [-0.2, -0.15) is 0 Å². The van der Waals surface area contributed by atoms with Gasteiger partial charge in [-0.25, -0.2) is 0 Å². The lowest BCUT2D eigenvalue weighted by Gasteiger charge is -2.40. The van der Waals surface area contributed by atoms with Crippen molar-refractivity contribution >= 4 is 27.7 Å². The molecule has 4 atom stereocenters. The molecule has 2 bridgehead atoms. The maximum atomic E-state index is 13.0. The van der Waals surface area contributed by atoms with Crippen LogP contribution in [0.3, 0.4) is 0 Å². The van der Waals surface area contributed by atoms with Crippen molar-refractivity contribution in [3.8, 4) is 0 Å². The summed E-state index contributed by atoms with van der Waals surface area (Å²) in [6, 6.07) is 7.96. The van der Waals surface area contributed by atoms with Crippen molar-refractivity contribution in [1.29, 1.82) is 0 Å². The number of nitrogens with one attached hydrogen (secondary N) is 1. The van der Waals surface area contributed by atoms with Crippen LogP contribution in [-0.2, 0) is 15.0 Å². The number of hydrogen-bond acceptors (Lipinski definition) is 2. The number of carbonyl (C=O) groups excluding carboxylic acids is 2. The maximum Gasteiger partial charge on any atom is 0.229 e. The first-order chi connectivity index (χ1) is 12.3. The van der Waals surface area contributed by atoms with E-state index >= 15 is 0 Å². The molecule has 0 unspecified atom stereocenters. The molecular formula is C21H25BrN2O2. The van der Waals surface area contributed by atoms with E-state index < -0.39 is 5.41 Å². The van der Waals surface area contributed by atoms with Gasteiger partial charge in [0.2, 0.25) is 11.8 Å². The van der Waals surface area contributed by atoms with Gasteiger partial charge in [-0.3, -0.25) is 9.59 Å². The van der Waals surface area contributed by atoms with Crippen LogP contribution in [0.5, 0.6) is 0 Å². The summed E-state index contributed by atoms with van der Waals surface area (Å²) in [5.41, 5.74) is 6.48. The number of halogens is 1. The van der Waals surface area contributed by atoms with Gasteiger partial charge in [0, 0.05) is 28.8 Å². The smallest absolute Gasteiger partial charge is 0.229 e. The molecule has 2 amide bonds. The minimum absolute atomic E-state index is 0.00127. The van der Waals surface area contributed by atoms with Crippen LogP contribution in [0.15, 0.2) is 40.9 Å². The highest BCUT2D eigenvalue weighted by atomic mass is 79.9. The summed E-state index contributed by atoms with van der Waals surface area (Å²) in [4.78, 5) is 25.2. The molecule has 0 aliphatic heterocycles. The van der Waals surface area contributed by atoms with Crippen molar-refractivity contribution in [2.75, 3.05) is 6.54 Å². The minimum atomic E-state index is -0.749. The highest BCUT2D eigenvalue weighted by molar-refractivity contribution is 9.10. The van der Waals surface area contributed by atoms with Crippen molar-refractivity contribution < 1.29 is 9.59 Å². The van der Waals surface area contributed by atoms with Crippen LogP contribution in [0.2, 0.25) is 0 Å². The molecular weight excluding hydrogens is 392 g/mol. The highest BCUT2D eigenvalue weighted by Gasteiger charge is 2.74. The van der Waals surface area contributed by atoms with Gasteiger partial charge < -0.3 is 11.1 Å². The lowest BCUT2D eigenvalue weighted by molar-refractivity contribution is -0.128. The average Bonchev–Trinajstić information content (AvgIpc) is 3.27. The molecule has 0 heterocycles. The highest BCUT2D eigenvalue weighted by Crippen LogP contribution is 2.75. The zero-order valence-corrected chi connectivity index (χ0v) is 16.8. The first-order valence-corrected chi connectivity index (χ1v) is 10.2. The lowest BCUT2D eigenvalue weighted by atomic mass is 9.63. The minimum Gasteiger partial charge on any atom is -0.369 e. The summed E-state index contributed by atoms with van der Waals surface area (Å²) in [5, 5.41) is 3.08. The predicted octanol–water partition coefficient (Wildman–Crippen LogP) is 3.16. The van der Waals surface area contributed by atoms with E-state index in [0.29, 0.717) is 12.5 Å². The largest absolute Gasteiger partial charge is 0.369 e. The first-order valence-electron chi connectivity index (χ1n) is 9.36. The predicted molar refractivity (Wildman–Crippen MR) is 104 cm³/mol. The van der Waals surface area contributed by atoms with Gasteiger partial charge in [-0.05, 0) is 41.9 Å². The van der Waals surface area contributed by atoms with E-state index in [0.717, 1.165) is 22.9 Å².